The van der Waals surface area contributed by atoms with E-state index in [9.17, 15) is 9.36 Å². The average Bonchev–Trinajstić information content (AvgIpc) is 2.18. The van der Waals surface area contributed by atoms with E-state index in [1.807, 2.05) is 0 Å². The topological polar surface area (TPSA) is 73.9 Å². The quantitative estimate of drug-likeness (QED) is 0.556. The third kappa shape index (κ3) is 6.78. The fourth-order valence-electron chi connectivity index (χ4n) is 0.645. The summed E-state index contributed by atoms with van der Waals surface area (Å²) < 4.78 is 26.4. The third-order valence-corrected chi connectivity index (χ3v) is 4.77. The Labute approximate surface area is 93.3 Å². The van der Waals surface area contributed by atoms with Gasteiger partial charge in [-0.3, -0.25) is 0 Å². The number of nitrogens with one attached hydrogen (secondary N) is 1. The first-order chi connectivity index (χ1) is 7.08. The zero-order valence-electron chi connectivity index (χ0n) is 9.02. The van der Waals surface area contributed by atoms with Gasteiger partial charge in [-0.05, 0) is 13.8 Å². The van der Waals surface area contributed by atoms with Crippen LogP contribution in [0.4, 0.5) is 4.79 Å². The van der Waals surface area contributed by atoms with E-state index in [0.717, 1.165) is 11.4 Å². The van der Waals surface area contributed by atoms with Crippen LogP contribution in [0, 0.1) is 0 Å². The number of carbonyl (C=O) groups excluding carboxylic acids is 1. The fraction of sp³-hybridized carbons (Fsp3) is 0.857. The van der Waals surface area contributed by atoms with Crippen LogP contribution in [0.15, 0.2) is 0 Å². The van der Waals surface area contributed by atoms with E-state index in [1.54, 1.807) is 13.8 Å². The van der Waals surface area contributed by atoms with E-state index in [-0.39, 0.29) is 19.2 Å². The Kier molecular flexibility index (Phi) is 7.86. The van der Waals surface area contributed by atoms with Crippen molar-refractivity contribution in [2.45, 2.75) is 13.8 Å². The molecule has 0 bridgehead atoms. The summed E-state index contributed by atoms with van der Waals surface area (Å²) in [6.45, 7) is 0.818. The molecule has 15 heavy (non-hydrogen) atoms. The maximum absolute atomic E-state index is 11.8. The lowest BCUT2D eigenvalue weighted by molar-refractivity contribution is 0.168. The minimum absolute atomic E-state index is 0.0725. The monoisotopic (exact) mass is 257 g/mol. The van der Waals surface area contributed by atoms with Gasteiger partial charge in [0.25, 0.3) is 0 Å². The molecular weight excluding hydrogens is 241 g/mol. The molecule has 0 unspecified atom stereocenters. The van der Waals surface area contributed by atoms with Gasteiger partial charge < -0.3 is 19.1 Å². The molecular formula is C7H16NO5PS. The second kappa shape index (κ2) is 7.98. The van der Waals surface area contributed by atoms with Gasteiger partial charge in [-0.2, -0.15) is 0 Å². The van der Waals surface area contributed by atoms with Gasteiger partial charge in [0.15, 0.2) is 0 Å². The Hall–Kier alpha value is -0.230. The number of ether oxygens (including phenoxy) is 1. The Morgan fingerprint density at radius 2 is 1.87 bits per heavy atom. The minimum Gasteiger partial charge on any atom is -0.438 e. The van der Waals surface area contributed by atoms with Gasteiger partial charge >= 0.3 is 12.9 Å². The van der Waals surface area contributed by atoms with Crippen LogP contribution in [0.3, 0.4) is 0 Å². The number of hydrogen-bond acceptors (Lipinski definition) is 6. The summed E-state index contributed by atoms with van der Waals surface area (Å²) in [6, 6.07) is 0. The smallest absolute Gasteiger partial charge is 0.407 e. The molecule has 0 aromatic rings. The van der Waals surface area contributed by atoms with Crippen LogP contribution >= 0.6 is 18.2 Å². The number of hydrogen-bond donors (Lipinski definition) is 1. The van der Waals surface area contributed by atoms with Gasteiger partial charge in [-0.25, -0.2) is 9.36 Å². The average molecular weight is 257 g/mol. The molecule has 6 nitrogen and oxygen atoms in total. The van der Waals surface area contributed by atoms with Gasteiger partial charge in [0.1, 0.15) is 5.94 Å². The van der Waals surface area contributed by atoms with Crippen LogP contribution in [-0.2, 0) is 18.3 Å². The second-order valence-corrected chi connectivity index (χ2v) is 6.23. The molecule has 90 valence electrons. The van der Waals surface area contributed by atoms with Crippen LogP contribution in [0.5, 0.6) is 0 Å². The molecule has 0 radical (unpaired) electrons. The van der Waals surface area contributed by atoms with E-state index in [2.05, 4.69) is 10.1 Å². The molecule has 1 amide bonds. The zero-order chi connectivity index (χ0) is 11.7. The highest BCUT2D eigenvalue weighted by Gasteiger charge is 2.25. The maximum atomic E-state index is 11.8. The van der Waals surface area contributed by atoms with E-state index in [4.69, 9.17) is 9.05 Å². The first-order valence-electron chi connectivity index (χ1n) is 4.46. The summed E-state index contributed by atoms with van der Waals surface area (Å²) in [5.41, 5.74) is 0. The standard InChI is InChI=1S/C7H16NO5PS/c1-4-12-14(10,13-5-2)15-6-11-7(9)8-3/h4-6H2,1-3H3,(H,8,9). The number of alkyl carbamates (subject to hydrolysis) is 1. The van der Waals surface area contributed by atoms with E-state index >= 15 is 0 Å². The predicted octanol–water partition coefficient (Wildman–Crippen LogP) is 2.21. The van der Waals surface area contributed by atoms with Crippen molar-refractivity contribution in [1.82, 2.24) is 5.32 Å². The molecule has 0 aliphatic rings. The first-order valence-corrected chi connectivity index (χ1v) is 7.59. The first kappa shape index (κ1) is 14.8. The normalized spacial score (nSPS) is 11.1. The van der Waals surface area contributed by atoms with Crippen LogP contribution in [0.25, 0.3) is 0 Å². The zero-order valence-corrected chi connectivity index (χ0v) is 10.7. The van der Waals surface area contributed by atoms with Crippen LogP contribution in [0.1, 0.15) is 13.8 Å². The summed E-state index contributed by atoms with van der Waals surface area (Å²) in [6.07, 6.45) is -0.581. The van der Waals surface area contributed by atoms with Crippen LogP contribution in [-0.4, -0.2) is 32.3 Å². The molecule has 0 aliphatic carbocycles. The van der Waals surface area contributed by atoms with Crippen LogP contribution < -0.4 is 5.32 Å². The lowest BCUT2D eigenvalue weighted by Crippen LogP contribution is -2.18. The number of amides is 1. The van der Waals surface area contributed by atoms with E-state index in [0.29, 0.717) is 0 Å². The van der Waals surface area contributed by atoms with Crippen molar-refractivity contribution in [3.05, 3.63) is 0 Å². The Balaban J connectivity index is 3.96. The maximum Gasteiger partial charge on any atom is 0.407 e. The van der Waals surface area contributed by atoms with Crippen molar-refractivity contribution in [3.63, 3.8) is 0 Å². The highest BCUT2D eigenvalue weighted by atomic mass is 32.7. The summed E-state index contributed by atoms with van der Waals surface area (Å²) in [5.74, 6) is -0.0725. The van der Waals surface area contributed by atoms with E-state index < -0.39 is 12.9 Å². The molecule has 0 rings (SSSR count). The molecule has 0 aromatic heterocycles. The number of rotatable bonds is 7. The molecule has 1 N–H and O–H groups in total. The minimum atomic E-state index is -3.17. The Morgan fingerprint density at radius 1 is 1.33 bits per heavy atom. The molecule has 8 heteroatoms. The lowest BCUT2D eigenvalue weighted by Gasteiger charge is -2.15. The SMILES string of the molecule is CCOP(=O)(OCC)SCOC(=O)NC. The molecule has 0 spiro atoms. The lowest BCUT2D eigenvalue weighted by atomic mass is 10.9. The van der Waals surface area contributed by atoms with Crippen molar-refractivity contribution in [1.29, 1.82) is 0 Å². The fourth-order valence-corrected chi connectivity index (χ4v) is 3.41. The highest BCUT2D eigenvalue weighted by molar-refractivity contribution is 8.55. The van der Waals surface area contributed by atoms with Gasteiger partial charge in [-0.1, -0.05) is 0 Å². The van der Waals surface area contributed by atoms with Gasteiger partial charge in [0, 0.05) is 18.4 Å². The summed E-state index contributed by atoms with van der Waals surface area (Å²) in [5, 5.41) is 2.27. The molecule has 0 aliphatic heterocycles. The van der Waals surface area contributed by atoms with Gasteiger partial charge in [-0.15, -0.1) is 0 Å². The number of carbonyl (C=O) groups is 1. The van der Waals surface area contributed by atoms with Crippen molar-refractivity contribution >= 4 is 24.3 Å². The van der Waals surface area contributed by atoms with Crippen molar-refractivity contribution in [2.75, 3.05) is 26.2 Å². The van der Waals surface area contributed by atoms with E-state index in [1.165, 1.54) is 7.05 Å². The van der Waals surface area contributed by atoms with Gasteiger partial charge in [0.05, 0.1) is 13.2 Å². The summed E-state index contributed by atoms with van der Waals surface area (Å²) in [4.78, 5) is 10.7. The molecule has 0 saturated carbocycles. The molecule has 0 saturated heterocycles. The predicted molar refractivity (Wildman–Crippen MR) is 58.9 cm³/mol. The highest BCUT2D eigenvalue weighted by Crippen LogP contribution is 2.60. The van der Waals surface area contributed by atoms with Crippen molar-refractivity contribution < 1.29 is 23.1 Å². The third-order valence-electron chi connectivity index (χ3n) is 1.18. The Morgan fingerprint density at radius 3 is 2.27 bits per heavy atom. The second-order valence-electron chi connectivity index (χ2n) is 2.21. The summed E-state index contributed by atoms with van der Waals surface area (Å²) >= 11 is 0.845. The molecule has 0 fully saturated rings. The molecule has 0 heterocycles. The Bertz CT molecular complexity index is 227. The summed E-state index contributed by atoms with van der Waals surface area (Å²) in [7, 11) is 1.44. The van der Waals surface area contributed by atoms with Crippen molar-refractivity contribution in [2.24, 2.45) is 0 Å². The van der Waals surface area contributed by atoms with Gasteiger partial charge in [0.2, 0.25) is 0 Å². The molecule has 0 aromatic carbocycles. The largest absolute Gasteiger partial charge is 0.438 e. The van der Waals surface area contributed by atoms with Crippen LogP contribution in [0.2, 0.25) is 0 Å². The van der Waals surface area contributed by atoms with Crippen molar-refractivity contribution in [3.8, 4) is 0 Å². The molecule has 0 atom stereocenters.